The molecule has 0 radical (unpaired) electrons. The third-order valence-corrected chi connectivity index (χ3v) is 5.60. The van der Waals surface area contributed by atoms with E-state index >= 15 is 0 Å². The number of aromatic nitrogens is 2. The Bertz CT molecular complexity index is 1210. The number of thioether (sulfide) groups is 1. The molecular formula is C22H16ClFN2OS. The molecule has 0 bridgehead atoms. The van der Waals surface area contributed by atoms with E-state index in [0.29, 0.717) is 33.4 Å². The second-order valence-electron chi connectivity index (χ2n) is 6.35. The Hall–Kier alpha value is -2.63. The van der Waals surface area contributed by atoms with Gasteiger partial charge in [-0.1, -0.05) is 59.8 Å². The quantitative estimate of drug-likeness (QED) is 0.320. The van der Waals surface area contributed by atoms with Gasteiger partial charge in [-0.2, -0.15) is 0 Å². The molecule has 3 nitrogen and oxygen atoms in total. The summed E-state index contributed by atoms with van der Waals surface area (Å²) >= 11 is 7.51. The number of para-hydroxylation sites is 1. The largest absolute Gasteiger partial charge is 0.283 e. The van der Waals surface area contributed by atoms with Gasteiger partial charge in [-0.05, 0) is 47.5 Å². The molecule has 0 spiro atoms. The van der Waals surface area contributed by atoms with Crippen LogP contribution in [0.1, 0.15) is 11.1 Å². The number of hydrogen-bond donors (Lipinski definition) is 0. The van der Waals surface area contributed by atoms with Crippen LogP contribution in [0.15, 0.2) is 82.7 Å². The first kappa shape index (κ1) is 18.7. The van der Waals surface area contributed by atoms with Gasteiger partial charge in [0.25, 0.3) is 5.56 Å². The second kappa shape index (κ2) is 8.17. The summed E-state index contributed by atoms with van der Waals surface area (Å²) in [6, 6.07) is 21.2. The molecule has 28 heavy (non-hydrogen) atoms. The first-order valence-corrected chi connectivity index (χ1v) is 10.1. The molecule has 4 aromatic rings. The summed E-state index contributed by atoms with van der Waals surface area (Å²) in [5, 5.41) is 1.78. The highest BCUT2D eigenvalue weighted by molar-refractivity contribution is 7.98. The third-order valence-electron chi connectivity index (χ3n) is 4.31. The first-order chi connectivity index (χ1) is 13.6. The van der Waals surface area contributed by atoms with E-state index in [2.05, 4.69) is 0 Å². The minimum atomic E-state index is -0.277. The molecule has 4 rings (SSSR count). The van der Waals surface area contributed by atoms with Crippen LogP contribution in [0.25, 0.3) is 10.9 Å². The normalized spacial score (nSPS) is 11.1. The van der Waals surface area contributed by atoms with Crippen molar-refractivity contribution in [3.8, 4) is 0 Å². The molecule has 0 unspecified atom stereocenters. The monoisotopic (exact) mass is 410 g/mol. The lowest BCUT2D eigenvalue weighted by Crippen LogP contribution is -2.24. The topological polar surface area (TPSA) is 34.9 Å². The average molecular weight is 411 g/mol. The van der Waals surface area contributed by atoms with Gasteiger partial charge in [0.2, 0.25) is 0 Å². The van der Waals surface area contributed by atoms with Crippen LogP contribution >= 0.6 is 23.4 Å². The Kier molecular flexibility index (Phi) is 5.46. The molecule has 0 aliphatic carbocycles. The van der Waals surface area contributed by atoms with E-state index in [0.717, 1.165) is 11.1 Å². The molecule has 3 aromatic carbocycles. The molecule has 140 valence electrons. The van der Waals surface area contributed by atoms with E-state index in [4.69, 9.17) is 16.6 Å². The van der Waals surface area contributed by atoms with Gasteiger partial charge in [-0.3, -0.25) is 9.36 Å². The highest BCUT2D eigenvalue weighted by Crippen LogP contribution is 2.23. The van der Waals surface area contributed by atoms with Crippen LogP contribution < -0.4 is 5.56 Å². The van der Waals surface area contributed by atoms with E-state index in [1.165, 1.54) is 23.9 Å². The Balaban J connectivity index is 1.75. The molecule has 0 N–H and O–H groups in total. The van der Waals surface area contributed by atoms with Crippen molar-refractivity contribution in [2.24, 2.45) is 0 Å². The van der Waals surface area contributed by atoms with Gasteiger partial charge < -0.3 is 0 Å². The summed E-state index contributed by atoms with van der Waals surface area (Å²) in [5.41, 5.74) is 2.30. The van der Waals surface area contributed by atoms with Crippen molar-refractivity contribution in [2.45, 2.75) is 17.5 Å². The zero-order chi connectivity index (χ0) is 19.5. The maximum Gasteiger partial charge on any atom is 0.262 e. The Morgan fingerprint density at radius 3 is 2.57 bits per heavy atom. The van der Waals surface area contributed by atoms with Gasteiger partial charge in [0, 0.05) is 10.8 Å². The SMILES string of the molecule is O=c1c2ccccc2nc(SCc2cccc(F)c2)n1Cc1cccc(Cl)c1. The highest BCUT2D eigenvalue weighted by Gasteiger charge is 2.12. The van der Waals surface area contributed by atoms with Crippen LogP contribution in [0, 0.1) is 5.82 Å². The standard InChI is InChI=1S/C22H16ClFN2OS/c23-17-7-3-5-15(11-17)13-26-21(27)19-9-1-2-10-20(19)25-22(26)28-14-16-6-4-8-18(24)12-16/h1-12H,13-14H2. The Morgan fingerprint density at radius 2 is 1.75 bits per heavy atom. The molecule has 1 aromatic heterocycles. The van der Waals surface area contributed by atoms with Gasteiger partial charge in [-0.25, -0.2) is 9.37 Å². The number of benzene rings is 3. The fourth-order valence-corrected chi connectivity index (χ4v) is 4.14. The highest BCUT2D eigenvalue weighted by atomic mass is 35.5. The summed E-state index contributed by atoms with van der Waals surface area (Å²) in [6.07, 6.45) is 0. The van der Waals surface area contributed by atoms with Crippen LogP contribution in [0.5, 0.6) is 0 Å². The van der Waals surface area contributed by atoms with Crippen molar-refractivity contribution in [3.05, 3.63) is 105 Å². The summed E-state index contributed by atoms with van der Waals surface area (Å²) in [7, 11) is 0. The average Bonchev–Trinajstić information content (AvgIpc) is 2.69. The van der Waals surface area contributed by atoms with Crippen LogP contribution in [-0.4, -0.2) is 9.55 Å². The molecule has 1 heterocycles. The Morgan fingerprint density at radius 1 is 0.964 bits per heavy atom. The lowest BCUT2D eigenvalue weighted by Gasteiger charge is -2.13. The maximum atomic E-state index is 13.5. The van der Waals surface area contributed by atoms with Crippen molar-refractivity contribution < 1.29 is 4.39 Å². The fourth-order valence-electron chi connectivity index (χ4n) is 2.99. The molecule has 6 heteroatoms. The molecule has 0 aliphatic heterocycles. The van der Waals surface area contributed by atoms with E-state index < -0.39 is 0 Å². The van der Waals surface area contributed by atoms with Crippen LogP contribution in [0.3, 0.4) is 0 Å². The molecular weight excluding hydrogens is 395 g/mol. The first-order valence-electron chi connectivity index (χ1n) is 8.71. The zero-order valence-electron chi connectivity index (χ0n) is 14.8. The lowest BCUT2D eigenvalue weighted by atomic mass is 10.2. The minimum absolute atomic E-state index is 0.104. The van der Waals surface area contributed by atoms with E-state index in [-0.39, 0.29) is 11.4 Å². The number of fused-ring (bicyclic) bond motifs is 1. The summed E-state index contributed by atoms with van der Waals surface area (Å²) in [5.74, 6) is 0.235. The lowest BCUT2D eigenvalue weighted by molar-refractivity contribution is 0.626. The van der Waals surface area contributed by atoms with Crippen molar-refractivity contribution in [3.63, 3.8) is 0 Å². The number of nitrogens with zero attached hydrogens (tertiary/aromatic N) is 2. The predicted molar refractivity (Wildman–Crippen MR) is 113 cm³/mol. The molecule has 0 aliphatic rings. The minimum Gasteiger partial charge on any atom is -0.283 e. The predicted octanol–water partition coefficient (Wildman–Crippen LogP) is 5.53. The van der Waals surface area contributed by atoms with Crippen molar-refractivity contribution in [1.82, 2.24) is 9.55 Å². The van der Waals surface area contributed by atoms with Crippen LogP contribution in [-0.2, 0) is 12.3 Å². The zero-order valence-corrected chi connectivity index (χ0v) is 16.4. The fraction of sp³-hybridized carbons (Fsp3) is 0.0909. The summed E-state index contributed by atoms with van der Waals surface area (Å²) in [6.45, 7) is 0.364. The molecule has 0 atom stereocenters. The molecule has 0 saturated carbocycles. The Labute approximate surface area is 170 Å². The van der Waals surface area contributed by atoms with Crippen molar-refractivity contribution >= 4 is 34.3 Å². The number of hydrogen-bond acceptors (Lipinski definition) is 3. The van der Waals surface area contributed by atoms with E-state index in [1.54, 1.807) is 22.8 Å². The molecule has 0 amide bonds. The number of halogens is 2. The summed E-state index contributed by atoms with van der Waals surface area (Å²) < 4.78 is 15.1. The van der Waals surface area contributed by atoms with E-state index in [1.807, 2.05) is 42.5 Å². The van der Waals surface area contributed by atoms with Gasteiger partial charge in [-0.15, -0.1) is 0 Å². The van der Waals surface area contributed by atoms with Gasteiger partial charge in [0.15, 0.2) is 5.16 Å². The maximum absolute atomic E-state index is 13.5. The molecule has 0 fully saturated rings. The number of rotatable bonds is 5. The summed E-state index contributed by atoms with van der Waals surface area (Å²) in [4.78, 5) is 17.8. The van der Waals surface area contributed by atoms with Gasteiger partial charge in [0.05, 0.1) is 17.4 Å². The van der Waals surface area contributed by atoms with E-state index in [9.17, 15) is 9.18 Å². The van der Waals surface area contributed by atoms with Crippen molar-refractivity contribution in [1.29, 1.82) is 0 Å². The smallest absolute Gasteiger partial charge is 0.262 e. The second-order valence-corrected chi connectivity index (χ2v) is 7.73. The van der Waals surface area contributed by atoms with Crippen molar-refractivity contribution in [2.75, 3.05) is 0 Å². The van der Waals surface area contributed by atoms with Gasteiger partial charge in [0.1, 0.15) is 5.82 Å². The van der Waals surface area contributed by atoms with Gasteiger partial charge >= 0.3 is 0 Å². The third kappa shape index (κ3) is 4.11. The molecule has 0 saturated heterocycles. The van der Waals surface area contributed by atoms with Crippen LogP contribution in [0.4, 0.5) is 4.39 Å². The van der Waals surface area contributed by atoms with Crippen LogP contribution in [0.2, 0.25) is 5.02 Å².